The number of benzene rings is 1. The molecule has 1 spiro atoms. The van der Waals surface area contributed by atoms with Gasteiger partial charge in [0.2, 0.25) is 0 Å². The molecule has 4 nitrogen and oxygen atoms in total. The number of piperidine rings is 1. The lowest BCUT2D eigenvalue weighted by molar-refractivity contribution is 0.0603. The van der Waals surface area contributed by atoms with Gasteiger partial charge in [-0.15, -0.1) is 11.3 Å². The number of hydrogen-bond donors (Lipinski definition) is 1. The standard InChI is InChI=1S/C18H20FN3OS/c19-14-3-1-13(2-4-14)16-21-15(11-24-16)17(23)22-9-6-18(7-10-22)5-8-20-12-18/h1-4,11,20H,5-10,12H2. The molecule has 0 unspecified atom stereocenters. The van der Waals surface area contributed by atoms with Gasteiger partial charge in [-0.3, -0.25) is 4.79 Å². The Kier molecular flexibility index (Phi) is 4.10. The van der Waals surface area contributed by atoms with Crippen molar-refractivity contribution in [1.29, 1.82) is 0 Å². The van der Waals surface area contributed by atoms with Crippen LogP contribution in [-0.2, 0) is 0 Å². The van der Waals surface area contributed by atoms with E-state index < -0.39 is 0 Å². The summed E-state index contributed by atoms with van der Waals surface area (Å²) < 4.78 is 13.0. The molecule has 2 fully saturated rings. The molecule has 0 bridgehead atoms. The number of amides is 1. The molecule has 1 N–H and O–H groups in total. The van der Waals surface area contributed by atoms with Gasteiger partial charge in [-0.05, 0) is 55.5 Å². The summed E-state index contributed by atoms with van der Waals surface area (Å²) in [5.74, 6) is -0.254. The van der Waals surface area contributed by atoms with Crippen LogP contribution in [0, 0.1) is 11.2 Å². The smallest absolute Gasteiger partial charge is 0.273 e. The number of aromatic nitrogens is 1. The molecule has 3 heterocycles. The number of likely N-dealkylation sites (tertiary alicyclic amines) is 1. The molecule has 0 radical (unpaired) electrons. The van der Waals surface area contributed by atoms with Crippen molar-refractivity contribution in [3.63, 3.8) is 0 Å². The average Bonchev–Trinajstić information content (AvgIpc) is 3.26. The second kappa shape index (κ2) is 6.26. The highest BCUT2D eigenvalue weighted by molar-refractivity contribution is 7.13. The number of hydrogen-bond acceptors (Lipinski definition) is 4. The molecule has 0 atom stereocenters. The van der Waals surface area contributed by atoms with E-state index in [1.807, 2.05) is 10.3 Å². The first-order chi connectivity index (χ1) is 11.7. The highest BCUT2D eigenvalue weighted by Crippen LogP contribution is 2.37. The fourth-order valence-corrected chi connectivity index (χ4v) is 4.47. The fourth-order valence-electron chi connectivity index (χ4n) is 3.67. The summed E-state index contributed by atoms with van der Waals surface area (Å²) in [4.78, 5) is 19.1. The van der Waals surface area contributed by atoms with Gasteiger partial charge in [0, 0.05) is 30.6 Å². The minimum absolute atomic E-state index is 0.0143. The Bertz CT molecular complexity index is 727. The SMILES string of the molecule is O=C(c1csc(-c2ccc(F)cc2)n1)N1CCC2(CCNC2)CC1. The van der Waals surface area contributed by atoms with Crippen LogP contribution in [-0.4, -0.2) is 42.0 Å². The van der Waals surface area contributed by atoms with Crippen molar-refractivity contribution in [2.45, 2.75) is 19.3 Å². The van der Waals surface area contributed by atoms with E-state index in [1.54, 1.807) is 12.1 Å². The molecular formula is C18H20FN3OS. The molecular weight excluding hydrogens is 325 g/mol. The van der Waals surface area contributed by atoms with E-state index >= 15 is 0 Å². The van der Waals surface area contributed by atoms with Gasteiger partial charge in [0.1, 0.15) is 16.5 Å². The van der Waals surface area contributed by atoms with Crippen LogP contribution in [0.1, 0.15) is 29.8 Å². The van der Waals surface area contributed by atoms with E-state index in [2.05, 4.69) is 10.3 Å². The highest BCUT2D eigenvalue weighted by atomic mass is 32.1. The van der Waals surface area contributed by atoms with Gasteiger partial charge < -0.3 is 10.2 Å². The Morgan fingerprint density at radius 2 is 1.96 bits per heavy atom. The Balaban J connectivity index is 1.45. The molecule has 1 aromatic carbocycles. The average molecular weight is 345 g/mol. The van der Waals surface area contributed by atoms with Crippen molar-refractivity contribution in [2.24, 2.45) is 5.41 Å². The molecule has 2 aliphatic heterocycles. The van der Waals surface area contributed by atoms with Crippen molar-refractivity contribution >= 4 is 17.2 Å². The molecule has 6 heteroatoms. The minimum Gasteiger partial charge on any atom is -0.337 e. The maximum absolute atomic E-state index is 13.0. The molecule has 1 aromatic heterocycles. The summed E-state index contributed by atoms with van der Waals surface area (Å²) in [6.07, 6.45) is 3.36. The molecule has 1 amide bonds. The molecule has 0 aliphatic carbocycles. The molecule has 2 aromatic rings. The number of nitrogens with zero attached hydrogens (tertiary/aromatic N) is 2. The van der Waals surface area contributed by atoms with Gasteiger partial charge in [-0.25, -0.2) is 9.37 Å². The van der Waals surface area contributed by atoms with Crippen LogP contribution in [0.4, 0.5) is 4.39 Å². The normalized spacial score (nSPS) is 19.8. The molecule has 126 valence electrons. The lowest BCUT2D eigenvalue weighted by Gasteiger charge is -2.38. The second-order valence-electron chi connectivity index (χ2n) is 6.76. The first-order valence-corrected chi connectivity index (χ1v) is 9.25. The van der Waals surface area contributed by atoms with Gasteiger partial charge in [0.25, 0.3) is 5.91 Å². The van der Waals surface area contributed by atoms with Crippen LogP contribution >= 0.6 is 11.3 Å². The van der Waals surface area contributed by atoms with Gasteiger partial charge in [-0.2, -0.15) is 0 Å². The summed E-state index contributed by atoms with van der Waals surface area (Å²) in [6.45, 7) is 3.80. The third-order valence-electron chi connectivity index (χ3n) is 5.26. The summed E-state index contributed by atoms with van der Waals surface area (Å²) >= 11 is 1.43. The molecule has 0 saturated carbocycles. The number of nitrogens with one attached hydrogen (secondary N) is 1. The Hall–Kier alpha value is -1.79. The van der Waals surface area contributed by atoms with Crippen LogP contribution in [0.15, 0.2) is 29.6 Å². The van der Waals surface area contributed by atoms with Crippen molar-refractivity contribution in [1.82, 2.24) is 15.2 Å². The van der Waals surface area contributed by atoms with E-state index in [-0.39, 0.29) is 11.7 Å². The van der Waals surface area contributed by atoms with Crippen LogP contribution in [0.2, 0.25) is 0 Å². The lowest BCUT2D eigenvalue weighted by atomic mass is 9.78. The zero-order chi connectivity index (χ0) is 16.6. The van der Waals surface area contributed by atoms with E-state index in [0.717, 1.165) is 49.6 Å². The minimum atomic E-state index is -0.268. The Morgan fingerprint density at radius 1 is 1.21 bits per heavy atom. The summed E-state index contributed by atoms with van der Waals surface area (Å²) in [6, 6.07) is 6.22. The number of carbonyl (C=O) groups is 1. The zero-order valence-electron chi connectivity index (χ0n) is 13.4. The third-order valence-corrected chi connectivity index (χ3v) is 6.15. The van der Waals surface area contributed by atoms with Gasteiger partial charge in [0.05, 0.1) is 0 Å². The first kappa shape index (κ1) is 15.7. The van der Waals surface area contributed by atoms with Crippen molar-refractivity contribution in [2.75, 3.05) is 26.2 Å². The quantitative estimate of drug-likeness (QED) is 0.909. The van der Waals surface area contributed by atoms with Crippen LogP contribution in [0.5, 0.6) is 0 Å². The Morgan fingerprint density at radius 3 is 2.62 bits per heavy atom. The van der Waals surface area contributed by atoms with Crippen molar-refractivity contribution in [3.05, 3.63) is 41.2 Å². The highest BCUT2D eigenvalue weighted by Gasteiger charge is 2.38. The predicted octanol–water partition coefficient (Wildman–Crippen LogP) is 3.16. The first-order valence-electron chi connectivity index (χ1n) is 8.37. The zero-order valence-corrected chi connectivity index (χ0v) is 14.2. The molecule has 2 aliphatic rings. The van der Waals surface area contributed by atoms with Crippen LogP contribution in [0.25, 0.3) is 10.6 Å². The van der Waals surface area contributed by atoms with Crippen molar-refractivity contribution in [3.8, 4) is 10.6 Å². The summed E-state index contributed by atoms with van der Waals surface area (Å²) in [5.41, 5.74) is 1.74. The number of rotatable bonds is 2. The Labute approximate surface area is 144 Å². The van der Waals surface area contributed by atoms with E-state index in [4.69, 9.17) is 0 Å². The van der Waals surface area contributed by atoms with Gasteiger partial charge in [-0.1, -0.05) is 0 Å². The number of thiazole rings is 1. The van der Waals surface area contributed by atoms with Crippen molar-refractivity contribution < 1.29 is 9.18 Å². The second-order valence-corrected chi connectivity index (χ2v) is 7.62. The van der Waals surface area contributed by atoms with E-state index in [0.29, 0.717) is 11.1 Å². The predicted molar refractivity (Wildman–Crippen MR) is 92.6 cm³/mol. The summed E-state index contributed by atoms with van der Waals surface area (Å²) in [7, 11) is 0. The maximum Gasteiger partial charge on any atom is 0.273 e. The number of halogens is 1. The van der Waals surface area contributed by atoms with Gasteiger partial charge in [0.15, 0.2) is 0 Å². The monoisotopic (exact) mass is 345 g/mol. The largest absolute Gasteiger partial charge is 0.337 e. The fraction of sp³-hybridized carbons (Fsp3) is 0.444. The molecule has 4 rings (SSSR count). The topological polar surface area (TPSA) is 45.2 Å². The maximum atomic E-state index is 13.0. The molecule has 24 heavy (non-hydrogen) atoms. The van der Waals surface area contributed by atoms with E-state index in [9.17, 15) is 9.18 Å². The molecule has 2 saturated heterocycles. The van der Waals surface area contributed by atoms with E-state index in [1.165, 1.54) is 29.9 Å². The third kappa shape index (κ3) is 2.96. The van der Waals surface area contributed by atoms with Crippen LogP contribution < -0.4 is 5.32 Å². The lowest BCUT2D eigenvalue weighted by Crippen LogP contribution is -2.44. The number of carbonyl (C=O) groups excluding carboxylic acids is 1. The van der Waals surface area contributed by atoms with Gasteiger partial charge >= 0.3 is 0 Å². The summed E-state index contributed by atoms with van der Waals surface area (Å²) in [5, 5.41) is 6.01. The van der Waals surface area contributed by atoms with Crippen LogP contribution in [0.3, 0.4) is 0 Å².